The van der Waals surface area contributed by atoms with E-state index >= 15 is 0 Å². The minimum atomic E-state index is -1.55. The number of carboxylic acids is 1. The van der Waals surface area contributed by atoms with Crippen LogP contribution in [0.2, 0.25) is 0 Å². The van der Waals surface area contributed by atoms with Gasteiger partial charge in [0.1, 0.15) is 5.01 Å². The van der Waals surface area contributed by atoms with Crippen LogP contribution in [0.4, 0.5) is 0 Å². The SMILES string of the molecule is Cc1nnc([S+]([O-])CC(=O)O)s1. The lowest BCUT2D eigenvalue weighted by molar-refractivity contribution is -0.134. The maximum atomic E-state index is 11.1. The van der Waals surface area contributed by atoms with E-state index in [0.29, 0.717) is 5.01 Å². The number of nitrogens with zero attached hydrogens (tertiary/aromatic N) is 2. The first-order valence-electron chi connectivity index (χ1n) is 3.00. The summed E-state index contributed by atoms with van der Waals surface area (Å²) in [5.74, 6) is -1.50. The fourth-order valence-corrected chi connectivity index (χ4v) is 2.35. The third-order valence-corrected chi connectivity index (χ3v) is 3.38. The van der Waals surface area contributed by atoms with Gasteiger partial charge in [-0.05, 0) is 18.3 Å². The zero-order chi connectivity index (χ0) is 9.14. The molecule has 1 unspecified atom stereocenters. The first-order valence-corrected chi connectivity index (χ1v) is 5.13. The van der Waals surface area contributed by atoms with Gasteiger partial charge in [0.2, 0.25) is 5.75 Å². The molecule has 1 N–H and O–H groups in total. The Hall–Kier alpha value is -0.660. The van der Waals surface area contributed by atoms with Crippen LogP contribution in [0.25, 0.3) is 0 Å². The Balaban J connectivity index is 2.64. The van der Waals surface area contributed by atoms with Crippen LogP contribution in [-0.2, 0) is 16.0 Å². The van der Waals surface area contributed by atoms with Gasteiger partial charge in [-0.25, -0.2) is 4.79 Å². The number of aliphatic carboxylic acids is 1. The first-order chi connectivity index (χ1) is 5.59. The molecule has 1 aromatic heterocycles. The minimum Gasteiger partial charge on any atom is -0.609 e. The highest BCUT2D eigenvalue weighted by atomic mass is 32.2. The van der Waals surface area contributed by atoms with Crippen molar-refractivity contribution in [1.29, 1.82) is 0 Å². The Morgan fingerprint density at radius 1 is 1.75 bits per heavy atom. The number of carbonyl (C=O) groups is 1. The van der Waals surface area contributed by atoms with Gasteiger partial charge in [-0.2, -0.15) is 0 Å². The second-order valence-corrected chi connectivity index (χ2v) is 4.78. The number of aryl methyl sites for hydroxylation is 1. The van der Waals surface area contributed by atoms with Crippen LogP contribution in [0.5, 0.6) is 0 Å². The van der Waals surface area contributed by atoms with Gasteiger partial charge in [-0.3, -0.25) is 0 Å². The predicted octanol–water partition coefficient (Wildman–Crippen LogP) is 0.0387. The van der Waals surface area contributed by atoms with E-state index in [1.807, 2.05) is 0 Å². The van der Waals surface area contributed by atoms with E-state index in [4.69, 9.17) is 5.11 Å². The summed E-state index contributed by atoms with van der Waals surface area (Å²) in [6, 6.07) is 0. The van der Waals surface area contributed by atoms with E-state index in [0.717, 1.165) is 11.3 Å². The van der Waals surface area contributed by atoms with Gasteiger partial charge in [0.15, 0.2) is 0 Å². The molecule has 0 saturated heterocycles. The van der Waals surface area contributed by atoms with Gasteiger partial charge in [-0.15, -0.1) is 5.10 Å². The molecule has 0 amide bonds. The molecule has 12 heavy (non-hydrogen) atoms. The Morgan fingerprint density at radius 3 is 2.83 bits per heavy atom. The molecule has 0 spiro atoms. The molecule has 1 rings (SSSR count). The predicted molar refractivity (Wildman–Crippen MR) is 43.6 cm³/mol. The second kappa shape index (κ2) is 3.83. The Kier molecular flexibility index (Phi) is 3.01. The number of rotatable bonds is 3. The second-order valence-electron chi connectivity index (χ2n) is 1.97. The third-order valence-electron chi connectivity index (χ3n) is 0.957. The molecule has 0 bridgehead atoms. The highest BCUT2D eigenvalue weighted by molar-refractivity contribution is 7.93. The zero-order valence-corrected chi connectivity index (χ0v) is 7.81. The van der Waals surface area contributed by atoms with Crippen molar-refractivity contribution >= 4 is 28.5 Å². The van der Waals surface area contributed by atoms with Gasteiger partial charge in [0.05, 0.1) is 0 Å². The van der Waals surface area contributed by atoms with Crippen molar-refractivity contribution in [2.75, 3.05) is 5.75 Å². The van der Waals surface area contributed by atoms with Crippen molar-refractivity contribution in [3.8, 4) is 0 Å². The summed E-state index contributed by atoms with van der Waals surface area (Å²) in [4.78, 5) is 10.2. The van der Waals surface area contributed by atoms with Gasteiger partial charge in [0, 0.05) is 11.2 Å². The molecule has 1 atom stereocenters. The molecule has 0 aliphatic carbocycles. The molecule has 0 aromatic carbocycles. The van der Waals surface area contributed by atoms with Crippen molar-refractivity contribution in [2.45, 2.75) is 11.3 Å². The lowest BCUT2D eigenvalue weighted by Gasteiger charge is -2.00. The molecule has 1 aromatic rings. The minimum absolute atomic E-state index is 0.273. The fraction of sp³-hybridized carbons (Fsp3) is 0.400. The Morgan fingerprint density at radius 2 is 2.42 bits per heavy atom. The van der Waals surface area contributed by atoms with Crippen LogP contribution in [-0.4, -0.2) is 31.6 Å². The van der Waals surface area contributed by atoms with Gasteiger partial charge in [-0.1, -0.05) is 5.10 Å². The van der Waals surface area contributed by atoms with Crippen LogP contribution in [0.3, 0.4) is 0 Å². The summed E-state index contributed by atoms with van der Waals surface area (Å²) in [5.41, 5.74) is 0. The molecule has 0 radical (unpaired) electrons. The van der Waals surface area contributed by atoms with E-state index in [-0.39, 0.29) is 4.34 Å². The summed E-state index contributed by atoms with van der Waals surface area (Å²) < 4.78 is 11.4. The number of hydrogen-bond acceptors (Lipinski definition) is 5. The Bertz CT molecular complexity index is 288. The van der Waals surface area contributed by atoms with E-state index in [1.165, 1.54) is 0 Å². The van der Waals surface area contributed by atoms with E-state index in [2.05, 4.69) is 10.2 Å². The van der Waals surface area contributed by atoms with Crippen molar-refractivity contribution in [3.05, 3.63) is 5.01 Å². The molecule has 0 aliphatic heterocycles. The van der Waals surface area contributed by atoms with E-state index < -0.39 is 22.9 Å². The average molecular weight is 206 g/mol. The summed E-state index contributed by atoms with van der Waals surface area (Å²) in [5, 5.41) is 16.2. The molecule has 0 aliphatic rings. The quantitative estimate of drug-likeness (QED) is 0.705. The average Bonchev–Trinajstić information content (AvgIpc) is 2.34. The number of aromatic nitrogens is 2. The largest absolute Gasteiger partial charge is 0.609 e. The lowest BCUT2D eigenvalue weighted by atomic mass is 10.8. The fourth-order valence-electron chi connectivity index (χ4n) is 0.544. The van der Waals surface area contributed by atoms with Gasteiger partial charge < -0.3 is 9.66 Å². The van der Waals surface area contributed by atoms with Crippen LogP contribution < -0.4 is 0 Å². The molecule has 1 heterocycles. The maximum Gasteiger partial charge on any atom is 0.354 e. The van der Waals surface area contributed by atoms with Gasteiger partial charge >= 0.3 is 10.3 Å². The van der Waals surface area contributed by atoms with Crippen molar-refractivity contribution in [2.24, 2.45) is 0 Å². The third kappa shape index (κ3) is 2.43. The lowest BCUT2D eigenvalue weighted by Crippen LogP contribution is -2.15. The molecule has 0 fully saturated rings. The van der Waals surface area contributed by atoms with Crippen molar-refractivity contribution in [1.82, 2.24) is 10.2 Å². The van der Waals surface area contributed by atoms with Crippen molar-refractivity contribution in [3.63, 3.8) is 0 Å². The molecule has 0 saturated carbocycles. The highest BCUT2D eigenvalue weighted by Crippen LogP contribution is 2.15. The summed E-state index contributed by atoms with van der Waals surface area (Å²) in [6.07, 6.45) is 0. The van der Waals surface area contributed by atoms with Crippen LogP contribution in [0.1, 0.15) is 5.01 Å². The monoisotopic (exact) mass is 206 g/mol. The van der Waals surface area contributed by atoms with Crippen LogP contribution in [0, 0.1) is 6.92 Å². The van der Waals surface area contributed by atoms with Crippen LogP contribution >= 0.6 is 11.3 Å². The smallest absolute Gasteiger partial charge is 0.354 e. The summed E-state index contributed by atoms with van der Waals surface area (Å²) in [6.45, 7) is 1.72. The van der Waals surface area contributed by atoms with Crippen molar-refractivity contribution < 1.29 is 14.5 Å². The molecule has 5 nitrogen and oxygen atoms in total. The van der Waals surface area contributed by atoms with Crippen LogP contribution in [0.15, 0.2) is 4.34 Å². The normalized spacial score (nSPS) is 12.8. The maximum absolute atomic E-state index is 11.1. The number of carboxylic acid groups (broad SMARTS) is 1. The van der Waals surface area contributed by atoms with E-state index in [9.17, 15) is 9.35 Å². The standard InChI is InChI=1S/C5H6N2O3S2/c1-3-6-7-5(11-3)12(10)2-4(8)9/h2H2,1H3,(H,8,9). The molecular weight excluding hydrogens is 200 g/mol. The molecule has 66 valence electrons. The summed E-state index contributed by atoms with van der Waals surface area (Å²) >= 11 is -0.395. The topological polar surface area (TPSA) is 86.1 Å². The summed E-state index contributed by atoms with van der Waals surface area (Å²) in [7, 11) is 0. The Labute approximate surface area is 75.6 Å². The molecular formula is C5H6N2O3S2. The zero-order valence-electron chi connectivity index (χ0n) is 6.18. The first kappa shape index (κ1) is 9.43. The number of hydrogen-bond donors (Lipinski definition) is 1. The van der Waals surface area contributed by atoms with Gasteiger partial charge in [0.25, 0.3) is 0 Å². The highest BCUT2D eigenvalue weighted by Gasteiger charge is 2.19. The van der Waals surface area contributed by atoms with E-state index in [1.54, 1.807) is 6.92 Å². The molecule has 7 heteroatoms.